The zero-order valence-electron chi connectivity index (χ0n) is 29.8. The van der Waals surface area contributed by atoms with Gasteiger partial charge in [-0.15, -0.1) is 0 Å². The average molecular weight is 707 g/mol. The summed E-state index contributed by atoms with van der Waals surface area (Å²) in [5.74, 6) is 1.32. The van der Waals surface area contributed by atoms with E-state index >= 15 is 0 Å². The zero-order valence-corrected chi connectivity index (χ0v) is 29.8. The third-order valence-electron chi connectivity index (χ3n) is 12.8. The predicted molar refractivity (Wildman–Crippen MR) is 196 cm³/mol. The van der Waals surface area contributed by atoms with Crippen molar-refractivity contribution in [1.82, 2.24) is 20.0 Å². The molecule has 1 aromatic heterocycles. The fourth-order valence-electron chi connectivity index (χ4n) is 10.1. The van der Waals surface area contributed by atoms with Crippen LogP contribution in [0.1, 0.15) is 90.5 Å². The quantitative estimate of drug-likeness (QED) is 0.206. The number of H-pyrrole nitrogens is 1. The molecule has 10 heteroatoms. The van der Waals surface area contributed by atoms with Crippen molar-refractivity contribution in [2.75, 3.05) is 32.8 Å². The normalized spacial score (nSPS) is 25.4. The van der Waals surface area contributed by atoms with Gasteiger partial charge in [-0.3, -0.25) is 14.4 Å². The number of rotatable bonds is 8. The van der Waals surface area contributed by atoms with Gasteiger partial charge >= 0.3 is 0 Å². The van der Waals surface area contributed by atoms with Crippen molar-refractivity contribution in [2.45, 2.75) is 76.7 Å². The van der Waals surface area contributed by atoms with Crippen LogP contribution in [0, 0.1) is 23.1 Å². The van der Waals surface area contributed by atoms with Crippen molar-refractivity contribution < 1.29 is 23.8 Å². The van der Waals surface area contributed by atoms with Crippen LogP contribution in [0.5, 0.6) is 5.75 Å². The number of carbonyl (C=O) groups excluding carboxylic acids is 2. The van der Waals surface area contributed by atoms with Gasteiger partial charge in [0.15, 0.2) is 0 Å². The van der Waals surface area contributed by atoms with E-state index in [9.17, 15) is 23.9 Å². The second-order valence-corrected chi connectivity index (χ2v) is 15.6. The number of benzene rings is 3. The van der Waals surface area contributed by atoms with Crippen molar-refractivity contribution in [3.05, 3.63) is 105 Å². The monoisotopic (exact) mass is 706 g/mol. The smallest absolute Gasteiger partial charge is 0.272 e. The summed E-state index contributed by atoms with van der Waals surface area (Å²) >= 11 is 0. The van der Waals surface area contributed by atoms with E-state index < -0.39 is 11.7 Å². The van der Waals surface area contributed by atoms with E-state index in [0.29, 0.717) is 97.6 Å². The molecule has 4 aromatic rings. The molecule has 1 unspecified atom stereocenters. The van der Waals surface area contributed by atoms with E-state index in [2.05, 4.69) is 23.2 Å². The Hall–Kier alpha value is -4.57. The molecule has 0 radical (unpaired) electrons. The van der Waals surface area contributed by atoms with Crippen molar-refractivity contribution in [3.63, 3.8) is 0 Å². The number of aromatic amines is 1. The van der Waals surface area contributed by atoms with Gasteiger partial charge < -0.3 is 19.6 Å². The molecule has 9 nitrogen and oxygen atoms in total. The van der Waals surface area contributed by atoms with Crippen LogP contribution in [-0.2, 0) is 22.4 Å². The molecule has 5 atom stereocenters. The maximum absolute atomic E-state index is 15.0. The van der Waals surface area contributed by atoms with E-state index in [1.807, 2.05) is 24.3 Å². The van der Waals surface area contributed by atoms with E-state index in [4.69, 9.17) is 4.74 Å². The summed E-state index contributed by atoms with van der Waals surface area (Å²) in [5.41, 5.74) is 3.99. The summed E-state index contributed by atoms with van der Waals surface area (Å²) in [4.78, 5) is 42.2. The van der Waals surface area contributed by atoms with Gasteiger partial charge in [0.05, 0.1) is 22.7 Å². The zero-order chi connectivity index (χ0) is 36.0. The molecule has 0 spiro atoms. The number of hydrogen-bond donors (Lipinski definition) is 2. The number of aryl methyl sites for hydroxylation is 1. The fourth-order valence-corrected chi connectivity index (χ4v) is 10.1. The van der Waals surface area contributed by atoms with Gasteiger partial charge in [0.25, 0.3) is 11.5 Å². The first kappa shape index (κ1) is 34.5. The summed E-state index contributed by atoms with van der Waals surface area (Å²) < 4.78 is 21.5. The third-order valence-corrected chi connectivity index (χ3v) is 12.8. The number of fused-ring (bicyclic) bond motifs is 6. The van der Waals surface area contributed by atoms with Gasteiger partial charge in [0.1, 0.15) is 11.6 Å². The highest BCUT2D eigenvalue weighted by atomic mass is 19.1. The molecule has 0 bridgehead atoms. The van der Waals surface area contributed by atoms with Gasteiger partial charge in [-0.05, 0) is 115 Å². The van der Waals surface area contributed by atoms with Crippen LogP contribution in [0.25, 0.3) is 10.8 Å². The van der Waals surface area contributed by atoms with Crippen LogP contribution < -0.4 is 5.56 Å². The van der Waals surface area contributed by atoms with Crippen LogP contribution in [0.4, 0.5) is 4.39 Å². The van der Waals surface area contributed by atoms with Gasteiger partial charge in [0, 0.05) is 51.0 Å². The average Bonchev–Trinajstić information content (AvgIpc) is 3.50. The highest BCUT2D eigenvalue weighted by Crippen LogP contribution is 2.61. The molecule has 1 saturated heterocycles. The Morgan fingerprint density at radius 2 is 1.77 bits per heavy atom. The Kier molecular flexibility index (Phi) is 9.36. The van der Waals surface area contributed by atoms with Crippen molar-refractivity contribution in [2.24, 2.45) is 17.3 Å². The lowest BCUT2D eigenvalue weighted by Crippen LogP contribution is -2.50. The fraction of sp³-hybridized carbons (Fsp3) is 0.476. The molecule has 272 valence electrons. The van der Waals surface area contributed by atoms with Crippen LogP contribution in [0.2, 0.25) is 0 Å². The largest absolute Gasteiger partial charge is 0.508 e. The van der Waals surface area contributed by atoms with Gasteiger partial charge in [-0.2, -0.15) is 5.10 Å². The number of halogens is 1. The van der Waals surface area contributed by atoms with Crippen LogP contribution in [-0.4, -0.2) is 75.8 Å². The van der Waals surface area contributed by atoms with E-state index in [-0.39, 0.29) is 28.5 Å². The molecule has 8 rings (SSSR count). The molecule has 2 heterocycles. The van der Waals surface area contributed by atoms with Crippen molar-refractivity contribution in [3.8, 4) is 5.75 Å². The molecule has 4 aliphatic rings. The number of amides is 2. The molecule has 1 aliphatic heterocycles. The maximum atomic E-state index is 15.0. The number of piperazine rings is 1. The Labute approximate surface area is 303 Å². The first-order chi connectivity index (χ1) is 25.2. The Morgan fingerprint density at radius 1 is 0.981 bits per heavy atom. The topological polar surface area (TPSA) is 116 Å². The number of ether oxygens (including phenoxy) is 1. The lowest BCUT2D eigenvalue weighted by molar-refractivity contribution is -0.133. The molecule has 3 aliphatic carbocycles. The Morgan fingerprint density at radius 3 is 2.60 bits per heavy atom. The highest BCUT2D eigenvalue weighted by molar-refractivity contribution is 5.95. The summed E-state index contributed by atoms with van der Waals surface area (Å²) in [6, 6.07) is 17.6. The van der Waals surface area contributed by atoms with Crippen LogP contribution >= 0.6 is 0 Å². The maximum Gasteiger partial charge on any atom is 0.272 e. The van der Waals surface area contributed by atoms with E-state index in [0.717, 1.165) is 25.7 Å². The Bertz CT molecular complexity index is 2060. The van der Waals surface area contributed by atoms with Crippen molar-refractivity contribution in [1.29, 1.82) is 0 Å². The summed E-state index contributed by atoms with van der Waals surface area (Å²) in [6.07, 6.45) is 8.38. The predicted octanol–water partition coefficient (Wildman–Crippen LogP) is 6.36. The Balaban J connectivity index is 0.809. The molecular formula is C42H47FN4O5. The highest BCUT2D eigenvalue weighted by Gasteiger charge is 2.55. The first-order valence-electron chi connectivity index (χ1n) is 18.9. The van der Waals surface area contributed by atoms with E-state index in [1.54, 1.807) is 34.1 Å². The molecule has 2 N–H and O–H groups in total. The molecular weight excluding hydrogens is 659 g/mol. The van der Waals surface area contributed by atoms with Gasteiger partial charge in [-0.1, -0.05) is 37.3 Å². The molecule has 3 aromatic carbocycles. The van der Waals surface area contributed by atoms with Crippen molar-refractivity contribution >= 4 is 22.6 Å². The minimum absolute atomic E-state index is 0.00641. The molecule has 2 saturated carbocycles. The third kappa shape index (κ3) is 6.39. The second kappa shape index (κ2) is 14.1. The number of carbonyl (C=O) groups is 2. The summed E-state index contributed by atoms with van der Waals surface area (Å²) in [7, 11) is 0. The number of nitrogens with zero attached hydrogens (tertiary/aromatic N) is 3. The summed E-state index contributed by atoms with van der Waals surface area (Å²) in [6.45, 7) is 4.49. The standard InChI is InChI=1S/C42H47FN4O5/c1-42-17-16-30-29-12-10-28(48)25-27(29)9-11-31(30)35(42)13-15-38(42)52-22-4-7-39(49)46-18-20-47(21-19-46)41(51)34-23-26(8-14-36(34)43)24-37-32-5-2-3-6-33(32)40(50)45-44-37/h2-3,5-6,8,10,12,14,23,25,30-31,35,38,48H,4,7,9,11,13,15-22,24H2,1H3,(H,45,50)/t30-,31-,35+,38?,42+/m1/s1. The number of phenols is 1. The number of aromatic hydroxyl groups is 1. The van der Waals surface area contributed by atoms with Gasteiger partial charge in [0.2, 0.25) is 5.91 Å². The SMILES string of the molecule is C[C@]12CC[C@@H]3c4ccc(O)cc4CC[C@H]3[C@@H]1CCC2OCCCC(=O)N1CCN(C(=O)c2cc(Cc3n[nH]c(=O)c4ccccc34)ccc2F)CC1. The number of nitrogens with one attached hydrogen (secondary N) is 1. The number of phenolic OH excluding ortho intramolecular Hbond substituents is 1. The lowest BCUT2D eigenvalue weighted by Gasteiger charge is -2.50. The summed E-state index contributed by atoms with van der Waals surface area (Å²) in [5, 5.41) is 18.0. The molecule has 52 heavy (non-hydrogen) atoms. The van der Waals surface area contributed by atoms with Crippen LogP contribution in [0.3, 0.4) is 0 Å². The second-order valence-electron chi connectivity index (χ2n) is 15.6. The molecule has 3 fully saturated rings. The minimum Gasteiger partial charge on any atom is -0.508 e. The van der Waals surface area contributed by atoms with Crippen LogP contribution in [0.15, 0.2) is 65.5 Å². The number of hydrogen-bond acceptors (Lipinski definition) is 6. The first-order valence-corrected chi connectivity index (χ1v) is 18.9. The minimum atomic E-state index is -0.591. The van der Waals surface area contributed by atoms with Gasteiger partial charge in [-0.25, -0.2) is 9.49 Å². The lowest BCUT2D eigenvalue weighted by atomic mass is 9.55. The molecule has 2 amide bonds. The number of aromatic nitrogens is 2. The van der Waals surface area contributed by atoms with E-state index in [1.165, 1.54) is 30.0 Å².